The van der Waals surface area contributed by atoms with Crippen molar-refractivity contribution in [3.05, 3.63) is 54.1 Å². The Kier molecular flexibility index (Phi) is 4.43. The second-order valence-electron chi connectivity index (χ2n) is 6.30. The van der Waals surface area contributed by atoms with E-state index in [2.05, 4.69) is 37.7 Å². The highest BCUT2D eigenvalue weighted by molar-refractivity contribution is 5.74. The van der Waals surface area contributed by atoms with E-state index < -0.39 is 0 Å². The molecule has 0 radical (unpaired) electrons. The highest BCUT2D eigenvalue weighted by Crippen LogP contribution is 2.29. The van der Waals surface area contributed by atoms with Crippen LogP contribution in [0.5, 0.6) is 5.75 Å². The number of hydrogen-bond donors (Lipinski definition) is 2. The number of aryl methyl sites for hydroxylation is 1. The lowest BCUT2D eigenvalue weighted by molar-refractivity contribution is 0.222. The number of pyridine rings is 1. The summed E-state index contributed by atoms with van der Waals surface area (Å²) in [6, 6.07) is 6.12. The Morgan fingerprint density at radius 1 is 1.20 bits per heavy atom. The van der Waals surface area contributed by atoms with Gasteiger partial charge in [0.2, 0.25) is 0 Å². The van der Waals surface area contributed by atoms with E-state index in [1.54, 1.807) is 12.4 Å². The normalized spacial score (nSPS) is 16.9. The maximum Gasteiger partial charge on any atom is 0.148 e. The van der Waals surface area contributed by atoms with Gasteiger partial charge in [-0.1, -0.05) is 6.07 Å². The van der Waals surface area contributed by atoms with Crippen LogP contribution >= 0.6 is 0 Å². The molecule has 1 aliphatic rings. The third kappa shape index (κ3) is 3.53. The average molecular weight is 335 g/mol. The molecule has 0 amide bonds. The number of aromatic nitrogens is 3. The van der Waals surface area contributed by atoms with Gasteiger partial charge in [0.25, 0.3) is 0 Å². The van der Waals surface area contributed by atoms with Crippen LogP contribution < -0.4 is 15.4 Å². The maximum atomic E-state index is 6.21. The van der Waals surface area contributed by atoms with Gasteiger partial charge in [-0.05, 0) is 37.6 Å². The van der Waals surface area contributed by atoms with Gasteiger partial charge < -0.3 is 15.4 Å². The number of nitrogens with zero attached hydrogens (tertiary/aromatic N) is 3. The summed E-state index contributed by atoms with van der Waals surface area (Å²) in [5, 5.41) is 6.79. The van der Waals surface area contributed by atoms with Crippen LogP contribution in [0, 0.1) is 6.92 Å². The molecule has 0 saturated carbocycles. The summed E-state index contributed by atoms with van der Waals surface area (Å²) >= 11 is 0. The zero-order valence-corrected chi connectivity index (χ0v) is 14.2. The summed E-state index contributed by atoms with van der Waals surface area (Å²) in [4.78, 5) is 13.0. The van der Waals surface area contributed by atoms with E-state index in [1.165, 1.54) is 0 Å². The lowest BCUT2D eigenvalue weighted by Crippen LogP contribution is -2.20. The molecule has 0 spiro atoms. The van der Waals surface area contributed by atoms with Crippen molar-refractivity contribution in [3.8, 4) is 5.75 Å². The quantitative estimate of drug-likeness (QED) is 0.747. The van der Waals surface area contributed by atoms with Gasteiger partial charge in [-0.25, -0.2) is 0 Å². The molecule has 1 aliphatic heterocycles. The number of ether oxygens (including phenoxy) is 1. The van der Waals surface area contributed by atoms with Crippen LogP contribution in [-0.4, -0.2) is 34.1 Å². The van der Waals surface area contributed by atoms with Crippen molar-refractivity contribution in [1.82, 2.24) is 20.3 Å². The summed E-state index contributed by atoms with van der Waals surface area (Å²) in [5.41, 5.74) is 4.91. The summed E-state index contributed by atoms with van der Waals surface area (Å²) in [6.45, 7) is 4.61. The second kappa shape index (κ2) is 7.03. The molecule has 0 bridgehead atoms. The molecule has 1 unspecified atom stereocenters. The van der Waals surface area contributed by atoms with Crippen LogP contribution in [-0.2, 0) is 6.54 Å². The minimum absolute atomic E-state index is 0.220. The number of anilines is 1. The lowest BCUT2D eigenvalue weighted by Gasteiger charge is -2.18. The largest absolute Gasteiger partial charge is 0.486 e. The Morgan fingerprint density at radius 2 is 2.08 bits per heavy atom. The molecule has 1 fully saturated rings. The Labute approximate surface area is 146 Å². The van der Waals surface area contributed by atoms with Crippen molar-refractivity contribution in [2.75, 3.05) is 18.4 Å². The van der Waals surface area contributed by atoms with Gasteiger partial charge in [-0.2, -0.15) is 0 Å². The number of nitrogens with one attached hydrogen (secondary N) is 2. The van der Waals surface area contributed by atoms with Crippen LogP contribution in [0.25, 0.3) is 11.0 Å². The van der Waals surface area contributed by atoms with Gasteiger partial charge in [-0.15, -0.1) is 0 Å². The molecule has 6 heteroatoms. The smallest absolute Gasteiger partial charge is 0.148 e. The summed E-state index contributed by atoms with van der Waals surface area (Å²) in [7, 11) is 0. The maximum absolute atomic E-state index is 6.21. The molecule has 4 rings (SSSR count). The van der Waals surface area contributed by atoms with Crippen LogP contribution in [0.1, 0.15) is 17.5 Å². The first-order valence-electron chi connectivity index (χ1n) is 8.55. The molecule has 6 nitrogen and oxygen atoms in total. The highest BCUT2D eigenvalue weighted by atomic mass is 16.5. The van der Waals surface area contributed by atoms with Crippen LogP contribution in [0.3, 0.4) is 0 Å². The second-order valence-corrected chi connectivity index (χ2v) is 6.30. The SMILES string of the molecule is Cc1cncc(NCc2ccc3nccnc3c2)c1OC1CCNC1. The minimum atomic E-state index is 0.220. The number of benzene rings is 1. The van der Waals surface area contributed by atoms with Gasteiger partial charge in [0.15, 0.2) is 0 Å². The summed E-state index contributed by atoms with van der Waals surface area (Å²) < 4.78 is 6.21. The Hall–Kier alpha value is -2.73. The van der Waals surface area contributed by atoms with Crippen LogP contribution in [0.2, 0.25) is 0 Å². The first kappa shape index (κ1) is 15.8. The Bertz CT molecular complexity index is 877. The molecule has 25 heavy (non-hydrogen) atoms. The van der Waals surface area contributed by atoms with E-state index in [-0.39, 0.29) is 6.10 Å². The van der Waals surface area contributed by atoms with E-state index in [9.17, 15) is 0 Å². The topological polar surface area (TPSA) is 72.0 Å². The third-order valence-corrected chi connectivity index (χ3v) is 4.39. The Morgan fingerprint density at radius 3 is 2.92 bits per heavy atom. The van der Waals surface area contributed by atoms with Crippen molar-refractivity contribution in [1.29, 1.82) is 0 Å². The number of rotatable bonds is 5. The van der Waals surface area contributed by atoms with Crippen molar-refractivity contribution in [3.63, 3.8) is 0 Å². The van der Waals surface area contributed by atoms with Crippen molar-refractivity contribution < 1.29 is 4.74 Å². The van der Waals surface area contributed by atoms with Crippen molar-refractivity contribution >= 4 is 16.7 Å². The van der Waals surface area contributed by atoms with E-state index in [0.29, 0.717) is 6.54 Å². The van der Waals surface area contributed by atoms with Crippen LogP contribution in [0.4, 0.5) is 5.69 Å². The molecular formula is C19H21N5O. The molecule has 3 heterocycles. The number of fused-ring (bicyclic) bond motifs is 1. The van der Waals surface area contributed by atoms with Gasteiger partial charge >= 0.3 is 0 Å². The van der Waals surface area contributed by atoms with Gasteiger partial charge in [0.05, 0.1) is 22.9 Å². The monoisotopic (exact) mass is 335 g/mol. The predicted octanol–water partition coefficient (Wildman–Crippen LogP) is 2.69. The molecule has 0 aliphatic carbocycles. The summed E-state index contributed by atoms with van der Waals surface area (Å²) in [6.07, 6.45) is 8.34. The number of hydrogen-bond acceptors (Lipinski definition) is 6. The Balaban J connectivity index is 1.52. The van der Waals surface area contributed by atoms with Gasteiger partial charge in [-0.3, -0.25) is 15.0 Å². The fraction of sp³-hybridized carbons (Fsp3) is 0.316. The molecular weight excluding hydrogens is 314 g/mol. The summed E-state index contributed by atoms with van der Waals surface area (Å²) in [5.74, 6) is 0.893. The molecule has 3 aromatic rings. The average Bonchev–Trinajstić information content (AvgIpc) is 3.15. The fourth-order valence-corrected chi connectivity index (χ4v) is 3.05. The van der Waals surface area contributed by atoms with E-state index in [1.807, 2.05) is 25.4 Å². The molecule has 2 N–H and O–H groups in total. The lowest BCUT2D eigenvalue weighted by atomic mass is 10.2. The zero-order valence-electron chi connectivity index (χ0n) is 14.2. The standard InChI is InChI=1S/C19H21N5O/c1-13-9-21-12-18(19(13)25-15-4-5-20-11-15)24-10-14-2-3-16-17(8-14)23-7-6-22-16/h2-3,6-9,12,15,20,24H,4-5,10-11H2,1H3. The van der Waals surface area contributed by atoms with Crippen molar-refractivity contribution in [2.45, 2.75) is 26.0 Å². The first-order valence-corrected chi connectivity index (χ1v) is 8.55. The van der Waals surface area contributed by atoms with Gasteiger partial charge in [0.1, 0.15) is 11.9 Å². The molecule has 1 atom stereocenters. The first-order chi connectivity index (χ1) is 12.3. The van der Waals surface area contributed by atoms with Crippen LogP contribution in [0.15, 0.2) is 43.0 Å². The van der Waals surface area contributed by atoms with Gasteiger partial charge in [0, 0.05) is 37.2 Å². The van der Waals surface area contributed by atoms with E-state index >= 15 is 0 Å². The van der Waals surface area contributed by atoms with E-state index in [4.69, 9.17) is 4.74 Å². The highest BCUT2D eigenvalue weighted by Gasteiger charge is 2.19. The third-order valence-electron chi connectivity index (χ3n) is 4.39. The minimum Gasteiger partial charge on any atom is -0.486 e. The van der Waals surface area contributed by atoms with Crippen molar-refractivity contribution in [2.24, 2.45) is 0 Å². The molecule has 1 saturated heterocycles. The fourth-order valence-electron chi connectivity index (χ4n) is 3.05. The molecule has 2 aromatic heterocycles. The predicted molar refractivity (Wildman–Crippen MR) is 97.7 cm³/mol. The molecule has 128 valence electrons. The zero-order chi connectivity index (χ0) is 17.1. The molecule has 1 aromatic carbocycles. The van der Waals surface area contributed by atoms with E-state index in [0.717, 1.165) is 53.1 Å².